The molecule has 6 heteroatoms. The fraction of sp³-hybridized carbons (Fsp3) is 0. The number of hydrogen-bond donors (Lipinski definition) is 1. The van der Waals surface area contributed by atoms with Gasteiger partial charge in [0, 0.05) is 51.8 Å². The van der Waals surface area contributed by atoms with Crippen LogP contribution in [0, 0.1) is 0 Å². The van der Waals surface area contributed by atoms with Crippen LogP contribution >= 0.6 is 0 Å². The van der Waals surface area contributed by atoms with Gasteiger partial charge < -0.3 is 9.40 Å². The third-order valence-electron chi connectivity index (χ3n) is 4.66. The van der Waals surface area contributed by atoms with Crippen molar-refractivity contribution in [2.45, 2.75) is 0 Å². The smallest absolute Gasteiger partial charge is 0.230 e. The number of rotatable bonds is 1. The van der Waals surface area contributed by atoms with Crippen LogP contribution in [0.3, 0.4) is 0 Å². The van der Waals surface area contributed by atoms with Gasteiger partial charge in [-0.15, -0.1) is 0 Å². The molecular formula is C20H11N5O. The van der Waals surface area contributed by atoms with Crippen molar-refractivity contribution >= 4 is 44.0 Å². The maximum Gasteiger partial charge on any atom is 0.230 e. The first-order valence-electron chi connectivity index (χ1n) is 8.23. The maximum atomic E-state index is 5.78. The Morgan fingerprint density at radius 2 is 1.65 bits per heavy atom. The minimum Gasteiger partial charge on any atom is -0.419 e. The van der Waals surface area contributed by atoms with E-state index in [9.17, 15) is 0 Å². The second kappa shape index (κ2) is 4.86. The fourth-order valence-electron chi connectivity index (χ4n) is 3.41. The molecule has 0 fully saturated rings. The number of aromatic nitrogens is 5. The summed E-state index contributed by atoms with van der Waals surface area (Å²) < 4.78 is 5.78. The van der Waals surface area contributed by atoms with Gasteiger partial charge in [-0.25, -0.2) is 9.97 Å². The van der Waals surface area contributed by atoms with E-state index >= 15 is 0 Å². The Morgan fingerprint density at radius 3 is 2.65 bits per heavy atom. The van der Waals surface area contributed by atoms with E-state index in [4.69, 9.17) is 4.42 Å². The van der Waals surface area contributed by atoms with Crippen LogP contribution in [0.5, 0.6) is 0 Å². The zero-order valence-corrected chi connectivity index (χ0v) is 13.5. The van der Waals surface area contributed by atoms with Gasteiger partial charge >= 0.3 is 0 Å². The molecule has 0 radical (unpaired) electrons. The minimum atomic E-state index is 0.568. The number of nitrogens with one attached hydrogen (secondary N) is 1. The monoisotopic (exact) mass is 337 g/mol. The molecule has 0 atom stereocenters. The summed E-state index contributed by atoms with van der Waals surface area (Å²) in [5.41, 5.74) is 4.76. The minimum absolute atomic E-state index is 0.568. The molecule has 122 valence electrons. The van der Waals surface area contributed by atoms with Gasteiger partial charge in [-0.2, -0.15) is 0 Å². The molecule has 6 aromatic rings. The Morgan fingerprint density at radius 1 is 0.731 bits per heavy atom. The Bertz CT molecular complexity index is 1330. The molecule has 1 N–H and O–H groups in total. The van der Waals surface area contributed by atoms with Crippen molar-refractivity contribution in [3.63, 3.8) is 0 Å². The number of fused-ring (bicyclic) bond motifs is 6. The van der Waals surface area contributed by atoms with Crippen molar-refractivity contribution in [1.82, 2.24) is 24.9 Å². The van der Waals surface area contributed by atoms with E-state index in [2.05, 4.69) is 24.9 Å². The van der Waals surface area contributed by atoms with Crippen LogP contribution in [0.2, 0.25) is 0 Å². The third-order valence-corrected chi connectivity index (χ3v) is 4.66. The van der Waals surface area contributed by atoms with Crippen molar-refractivity contribution in [2.75, 3.05) is 0 Å². The summed E-state index contributed by atoms with van der Waals surface area (Å²) in [4.78, 5) is 21.1. The Hall–Kier alpha value is -3.80. The summed E-state index contributed by atoms with van der Waals surface area (Å²) in [5.74, 6) is 0. The first-order chi connectivity index (χ1) is 12.9. The lowest BCUT2D eigenvalue weighted by Crippen LogP contribution is -1.87. The number of furan rings is 1. The molecular weight excluding hydrogens is 326 g/mol. The summed E-state index contributed by atoms with van der Waals surface area (Å²) in [7, 11) is 0. The molecule has 6 aromatic heterocycles. The molecule has 0 spiro atoms. The van der Waals surface area contributed by atoms with Crippen molar-refractivity contribution in [3.05, 3.63) is 61.2 Å². The van der Waals surface area contributed by atoms with E-state index in [1.165, 1.54) is 0 Å². The SMILES string of the molecule is c1cnc2oc3nc(-c4cc5[nH]c6ccncc6c5cn4)ccc3c2c1. The topological polar surface area (TPSA) is 80.5 Å². The lowest BCUT2D eigenvalue weighted by molar-refractivity contribution is 0.640. The van der Waals surface area contributed by atoms with Crippen molar-refractivity contribution in [2.24, 2.45) is 0 Å². The molecule has 0 aliphatic heterocycles. The molecule has 0 saturated heterocycles. The predicted octanol–water partition coefficient (Wildman–Crippen LogP) is 4.47. The summed E-state index contributed by atoms with van der Waals surface area (Å²) in [6.45, 7) is 0. The van der Waals surface area contributed by atoms with Crippen LogP contribution in [0.1, 0.15) is 0 Å². The third kappa shape index (κ3) is 1.81. The number of aromatic amines is 1. The number of H-pyrrole nitrogens is 1. The van der Waals surface area contributed by atoms with E-state index in [0.717, 1.165) is 44.0 Å². The van der Waals surface area contributed by atoms with E-state index in [1.54, 1.807) is 12.4 Å². The van der Waals surface area contributed by atoms with Gasteiger partial charge in [0.15, 0.2) is 0 Å². The standard InChI is InChI=1S/C20H11N5O/c1-2-11-12-3-4-16(25-20(12)26-19(11)22-6-1)18-8-17-14(10-23-18)13-9-21-7-5-15(13)24-17/h1-10,24H. The zero-order valence-electron chi connectivity index (χ0n) is 13.5. The average Bonchev–Trinajstić information content (AvgIpc) is 3.24. The first kappa shape index (κ1) is 13.5. The Labute approximate surface area is 146 Å². The zero-order chi connectivity index (χ0) is 17.1. The molecule has 0 saturated carbocycles. The predicted molar refractivity (Wildman–Crippen MR) is 99.7 cm³/mol. The van der Waals surface area contributed by atoms with Crippen LogP contribution in [0.4, 0.5) is 0 Å². The number of pyridine rings is 4. The second-order valence-electron chi connectivity index (χ2n) is 6.17. The van der Waals surface area contributed by atoms with E-state index in [0.29, 0.717) is 11.4 Å². The maximum absolute atomic E-state index is 5.78. The molecule has 0 amide bonds. The van der Waals surface area contributed by atoms with E-state index in [1.807, 2.05) is 48.8 Å². The molecule has 0 aliphatic rings. The highest BCUT2D eigenvalue weighted by Crippen LogP contribution is 2.30. The van der Waals surface area contributed by atoms with Gasteiger partial charge in [0.25, 0.3) is 0 Å². The summed E-state index contributed by atoms with van der Waals surface area (Å²) >= 11 is 0. The van der Waals surface area contributed by atoms with Gasteiger partial charge in [0.1, 0.15) is 0 Å². The second-order valence-corrected chi connectivity index (χ2v) is 6.17. The average molecular weight is 337 g/mol. The van der Waals surface area contributed by atoms with Crippen molar-refractivity contribution in [1.29, 1.82) is 0 Å². The molecule has 0 bridgehead atoms. The number of hydrogen-bond acceptors (Lipinski definition) is 5. The summed E-state index contributed by atoms with van der Waals surface area (Å²) in [5, 5.41) is 4.03. The molecule has 6 heterocycles. The normalized spacial score (nSPS) is 11.8. The lowest BCUT2D eigenvalue weighted by Gasteiger charge is -2.00. The van der Waals surface area contributed by atoms with E-state index < -0.39 is 0 Å². The highest BCUT2D eigenvalue weighted by molar-refractivity contribution is 6.07. The van der Waals surface area contributed by atoms with Gasteiger partial charge in [-0.05, 0) is 36.4 Å². The summed E-state index contributed by atoms with van der Waals surface area (Å²) in [6.07, 6.45) is 7.20. The van der Waals surface area contributed by atoms with Crippen molar-refractivity contribution in [3.8, 4) is 11.4 Å². The van der Waals surface area contributed by atoms with Gasteiger partial charge in [-0.1, -0.05) is 0 Å². The van der Waals surface area contributed by atoms with E-state index in [-0.39, 0.29) is 0 Å². The molecule has 6 nitrogen and oxygen atoms in total. The van der Waals surface area contributed by atoms with Crippen LogP contribution in [0.15, 0.2) is 65.6 Å². The van der Waals surface area contributed by atoms with Gasteiger partial charge in [0.2, 0.25) is 11.4 Å². The van der Waals surface area contributed by atoms with Crippen LogP contribution in [-0.2, 0) is 0 Å². The van der Waals surface area contributed by atoms with Crippen LogP contribution < -0.4 is 0 Å². The van der Waals surface area contributed by atoms with Crippen LogP contribution in [-0.4, -0.2) is 24.9 Å². The first-order valence-corrected chi connectivity index (χ1v) is 8.23. The fourth-order valence-corrected chi connectivity index (χ4v) is 3.41. The molecule has 0 unspecified atom stereocenters. The Balaban J connectivity index is 1.57. The summed E-state index contributed by atoms with van der Waals surface area (Å²) in [6, 6.07) is 11.8. The largest absolute Gasteiger partial charge is 0.419 e. The molecule has 0 aliphatic carbocycles. The Kier molecular flexibility index (Phi) is 2.52. The number of nitrogens with zero attached hydrogens (tertiary/aromatic N) is 4. The van der Waals surface area contributed by atoms with Gasteiger partial charge in [0.05, 0.1) is 16.9 Å². The molecule has 0 aromatic carbocycles. The molecule has 6 rings (SSSR count). The lowest BCUT2D eigenvalue weighted by atomic mass is 10.1. The molecule has 26 heavy (non-hydrogen) atoms. The highest BCUT2D eigenvalue weighted by atomic mass is 16.3. The van der Waals surface area contributed by atoms with Crippen LogP contribution in [0.25, 0.3) is 55.4 Å². The van der Waals surface area contributed by atoms with Crippen molar-refractivity contribution < 1.29 is 4.42 Å². The quantitative estimate of drug-likeness (QED) is 0.479. The van der Waals surface area contributed by atoms with Gasteiger partial charge in [-0.3, -0.25) is 9.97 Å². The highest BCUT2D eigenvalue weighted by Gasteiger charge is 2.12.